The lowest BCUT2D eigenvalue weighted by Crippen LogP contribution is -2.10. The second-order valence-corrected chi connectivity index (χ2v) is 4.75. The van der Waals surface area contributed by atoms with E-state index in [0.717, 1.165) is 17.1 Å². The summed E-state index contributed by atoms with van der Waals surface area (Å²) in [4.78, 5) is 6.31. The second-order valence-electron chi connectivity index (χ2n) is 4.75. The summed E-state index contributed by atoms with van der Waals surface area (Å²) < 4.78 is 5.28. The molecule has 5 nitrogen and oxygen atoms in total. The summed E-state index contributed by atoms with van der Waals surface area (Å²) in [7, 11) is 3.92. The van der Waals surface area contributed by atoms with Crippen LogP contribution in [0.1, 0.15) is 5.56 Å². The SMILES string of the molecule is CN(C)c1ccc(NCc2cccc(OCC#N)c2)cn1. The van der Waals surface area contributed by atoms with Gasteiger partial charge in [-0.15, -0.1) is 0 Å². The fourth-order valence-corrected chi connectivity index (χ4v) is 1.82. The number of anilines is 2. The van der Waals surface area contributed by atoms with E-state index < -0.39 is 0 Å². The van der Waals surface area contributed by atoms with E-state index >= 15 is 0 Å². The average molecular weight is 282 g/mol. The molecule has 0 saturated carbocycles. The summed E-state index contributed by atoms with van der Waals surface area (Å²) in [6.45, 7) is 0.736. The van der Waals surface area contributed by atoms with Crippen LogP contribution in [0.15, 0.2) is 42.6 Å². The number of hydrogen-bond acceptors (Lipinski definition) is 5. The van der Waals surface area contributed by atoms with Gasteiger partial charge in [0.1, 0.15) is 17.6 Å². The van der Waals surface area contributed by atoms with Crippen molar-refractivity contribution in [3.63, 3.8) is 0 Å². The van der Waals surface area contributed by atoms with Crippen LogP contribution in [0.5, 0.6) is 5.75 Å². The summed E-state index contributed by atoms with van der Waals surface area (Å²) in [5.41, 5.74) is 2.05. The van der Waals surface area contributed by atoms with Crippen molar-refractivity contribution in [3.8, 4) is 11.8 Å². The summed E-state index contributed by atoms with van der Waals surface area (Å²) in [6.07, 6.45) is 1.81. The molecule has 0 amide bonds. The van der Waals surface area contributed by atoms with E-state index in [-0.39, 0.29) is 6.61 Å². The van der Waals surface area contributed by atoms with E-state index in [2.05, 4.69) is 10.3 Å². The molecular formula is C16H18N4O. The lowest BCUT2D eigenvalue weighted by atomic mass is 10.2. The second kappa shape index (κ2) is 7.15. The fraction of sp³-hybridized carbons (Fsp3) is 0.250. The normalized spacial score (nSPS) is 9.76. The first-order chi connectivity index (χ1) is 10.2. The first-order valence-electron chi connectivity index (χ1n) is 6.65. The van der Waals surface area contributed by atoms with Crippen LogP contribution in [0.2, 0.25) is 0 Å². The summed E-state index contributed by atoms with van der Waals surface area (Å²) >= 11 is 0. The number of ether oxygens (including phenoxy) is 1. The molecule has 1 aromatic heterocycles. The standard InChI is InChI=1S/C16H18N4O/c1-20(2)16-7-6-14(12-19-16)18-11-13-4-3-5-15(10-13)21-9-8-17/h3-7,10,12,18H,9,11H2,1-2H3. The van der Waals surface area contributed by atoms with Gasteiger partial charge < -0.3 is 15.0 Å². The smallest absolute Gasteiger partial charge is 0.174 e. The van der Waals surface area contributed by atoms with Gasteiger partial charge in [0.15, 0.2) is 6.61 Å². The van der Waals surface area contributed by atoms with Gasteiger partial charge in [0.05, 0.1) is 11.9 Å². The van der Waals surface area contributed by atoms with Crippen molar-refractivity contribution in [3.05, 3.63) is 48.2 Å². The predicted octanol–water partition coefficient (Wildman–Crippen LogP) is 2.66. The zero-order chi connectivity index (χ0) is 15.1. The third-order valence-electron chi connectivity index (χ3n) is 2.90. The summed E-state index contributed by atoms with van der Waals surface area (Å²) in [6, 6.07) is 13.6. The van der Waals surface area contributed by atoms with E-state index in [1.807, 2.05) is 67.7 Å². The van der Waals surface area contributed by atoms with E-state index in [4.69, 9.17) is 10.00 Å². The van der Waals surface area contributed by atoms with Gasteiger partial charge in [0.25, 0.3) is 0 Å². The minimum Gasteiger partial charge on any atom is -0.479 e. The highest BCUT2D eigenvalue weighted by Gasteiger charge is 1.99. The van der Waals surface area contributed by atoms with E-state index in [1.54, 1.807) is 0 Å². The molecule has 108 valence electrons. The van der Waals surface area contributed by atoms with Gasteiger partial charge in [0.2, 0.25) is 0 Å². The van der Waals surface area contributed by atoms with Gasteiger partial charge in [-0.1, -0.05) is 12.1 Å². The average Bonchev–Trinajstić information content (AvgIpc) is 2.52. The number of hydrogen-bond donors (Lipinski definition) is 1. The summed E-state index contributed by atoms with van der Waals surface area (Å²) in [5.74, 6) is 1.63. The first-order valence-corrected chi connectivity index (χ1v) is 6.65. The highest BCUT2D eigenvalue weighted by atomic mass is 16.5. The van der Waals surface area contributed by atoms with Gasteiger partial charge in [-0.2, -0.15) is 5.26 Å². The molecule has 5 heteroatoms. The van der Waals surface area contributed by atoms with Crippen LogP contribution in [0.4, 0.5) is 11.5 Å². The lowest BCUT2D eigenvalue weighted by Gasteiger charge is -2.12. The molecule has 1 heterocycles. The van der Waals surface area contributed by atoms with Crippen LogP contribution in [-0.2, 0) is 6.54 Å². The Balaban J connectivity index is 1.94. The molecule has 0 saturated heterocycles. The van der Waals surface area contributed by atoms with Crippen molar-refractivity contribution in [1.29, 1.82) is 5.26 Å². The van der Waals surface area contributed by atoms with Gasteiger partial charge in [-0.3, -0.25) is 0 Å². The van der Waals surface area contributed by atoms with E-state index in [1.165, 1.54) is 0 Å². The monoisotopic (exact) mass is 282 g/mol. The molecular weight excluding hydrogens is 264 g/mol. The summed E-state index contributed by atoms with van der Waals surface area (Å²) in [5, 5.41) is 11.8. The zero-order valence-electron chi connectivity index (χ0n) is 12.2. The highest BCUT2D eigenvalue weighted by molar-refractivity contribution is 5.48. The van der Waals surface area contributed by atoms with Crippen molar-refractivity contribution in [2.45, 2.75) is 6.54 Å². The van der Waals surface area contributed by atoms with Crippen molar-refractivity contribution < 1.29 is 4.74 Å². The number of nitriles is 1. The van der Waals surface area contributed by atoms with Gasteiger partial charge >= 0.3 is 0 Å². The Morgan fingerprint density at radius 2 is 2.14 bits per heavy atom. The first kappa shape index (κ1) is 14.7. The van der Waals surface area contributed by atoms with Crippen molar-refractivity contribution >= 4 is 11.5 Å². The Morgan fingerprint density at radius 1 is 1.29 bits per heavy atom. The Morgan fingerprint density at radius 3 is 2.81 bits per heavy atom. The quantitative estimate of drug-likeness (QED) is 0.882. The third-order valence-corrected chi connectivity index (χ3v) is 2.90. The number of pyridine rings is 1. The van der Waals surface area contributed by atoms with Crippen molar-refractivity contribution in [2.24, 2.45) is 0 Å². The Hall–Kier alpha value is -2.74. The van der Waals surface area contributed by atoms with Crippen LogP contribution in [0, 0.1) is 11.3 Å². The Labute approximate surface area is 124 Å². The molecule has 0 bridgehead atoms. The molecule has 0 atom stereocenters. The number of rotatable bonds is 6. The van der Waals surface area contributed by atoms with E-state index in [0.29, 0.717) is 12.3 Å². The maximum atomic E-state index is 8.51. The molecule has 0 spiro atoms. The molecule has 0 radical (unpaired) electrons. The minimum atomic E-state index is 0.0623. The number of benzene rings is 1. The van der Waals surface area contributed by atoms with Crippen LogP contribution < -0.4 is 15.0 Å². The molecule has 0 aliphatic rings. The topological polar surface area (TPSA) is 61.2 Å². The predicted molar refractivity (Wildman–Crippen MR) is 83.4 cm³/mol. The molecule has 0 unspecified atom stereocenters. The third kappa shape index (κ3) is 4.39. The Kier molecular flexibility index (Phi) is 4.99. The van der Waals surface area contributed by atoms with Gasteiger partial charge in [-0.25, -0.2) is 4.98 Å². The molecule has 2 rings (SSSR count). The highest BCUT2D eigenvalue weighted by Crippen LogP contribution is 2.16. The van der Waals surface area contributed by atoms with Crippen LogP contribution in [0.25, 0.3) is 0 Å². The van der Waals surface area contributed by atoms with Gasteiger partial charge in [-0.05, 0) is 29.8 Å². The van der Waals surface area contributed by atoms with Gasteiger partial charge in [0, 0.05) is 20.6 Å². The van der Waals surface area contributed by atoms with Crippen LogP contribution in [0.3, 0.4) is 0 Å². The number of nitrogens with one attached hydrogen (secondary N) is 1. The van der Waals surface area contributed by atoms with E-state index in [9.17, 15) is 0 Å². The maximum Gasteiger partial charge on any atom is 0.174 e. The maximum absolute atomic E-state index is 8.51. The molecule has 21 heavy (non-hydrogen) atoms. The molecule has 0 fully saturated rings. The Bertz CT molecular complexity index is 617. The zero-order valence-corrected chi connectivity index (χ0v) is 12.2. The fourth-order valence-electron chi connectivity index (χ4n) is 1.82. The molecule has 1 aromatic carbocycles. The molecule has 1 N–H and O–H groups in total. The largest absolute Gasteiger partial charge is 0.479 e. The van der Waals surface area contributed by atoms with Crippen molar-refractivity contribution in [2.75, 3.05) is 30.9 Å². The number of nitrogens with zero attached hydrogens (tertiary/aromatic N) is 3. The molecule has 0 aliphatic heterocycles. The van der Waals surface area contributed by atoms with Crippen LogP contribution >= 0.6 is 0 Å². The number of aromatic nitrogens is 1. The van der Waals surface area contributed by atoms with Crippen LogP contribution in [-0.4, -0.2) is 25.7 Å². The van der Waals surface area contributed by atoms with Crippen molar-refractivity contribution in [1.82, 2.24) is 4.98 Å². The molecule has 2 aromatic rings. The molecule has 0 aliphatic carbocycles. The minimum absolute atomic E-state index is 0.0623. The lowest BCUT2D eigenvalue weighted by molar-refractivity contribution is 0.368.